The first-order valence-corrected chi connectivity index (χ1v) is 17.6. The molecule has 0 amide bonds. The van der Waals surface area contributed by atoms with Crippen LogP contribution in [0.4, 0.5) is 0 Å². The first kappa shape index (κ1) is 28.4. The molecule has 0 bridgehead atoms. The molecule has 10 rings (SSSR count). The fraction of sp³-hybridized carbons (Fsp3) is 0.149. The molecule has 236 valence electrons. The highest BCUT2D eigenvalue weighted by molar-refractivity contribution is 6.19. The third kappa shape index (κ3) is 4.07. The van der Waals surface area contributed by atoms with Gasteiger partial charge in [-0.05, 0) is 79.6 Å². The van der Waals surface area contributed by atoms with E-state index in [1.54, 1.807) is 0 Å². The number of benzene rings is 6. The molecule has 49 heavy (non-hydrogen) atoms. The summed E-state index contributed by atoms with van der Waals surface area (Å²) >= 11 is 0. The van der Waals surface area contributed by atoms with Crippen LogP contribution in [-0.4, -0.2) is 4.57 Å². The van der Waals surface area contributed by atoms with Crippen molar-refractivity contribution in [1.29, 1.82) is 0 Å². The van der Waals surface area contributed by atoms with Crippen LogP contribution in [0.2, 0.25) is 0 Å². The average Bonchev–Trinajstić information content (AvgIpc) is 3.60. The number of allylic oxidation sites excluding steroid dienone is 1. The third-order valence-corrected chi connectivity index (χ3v) is 11.3. The van der Waals surface area contributed by atoms with Gasteiger partial charge in [0.15, 0.2) is 0 Å². The quantitative estimate of drug-likeness (QED) is 0.206. The summed E-state index contributed by atoms with van der Waals surface area (Å²) in [6, 6.07) is 46.8. The molecule has 0 saturated carbocycles. The van der Waals surface area contributed by atoms with E-state index in [1.807, 2.05) is 0 Å². The molecule has 2 heteroatoms. The molecule has 0 spiro atoms. The first-order valence-electron chi connectivity index (χ1n) is 17.6. The van der Waals surface area contributed by atoms with Crippen molar-refractivity contribution in [1.82, 2.24) is 9.88 Å². The molecule has 2 aliphatic carbocycles. The van der Waals surface area contributed by atoms with Gasteiger partial charge >= 0.3 is 0 Å². The van der Waals surface area contributed by atoms with E-state index in [9.17, 15) is 0 Å². The normalized spacial score (nSPS) is 18.4. The van der Waals surface area contributed by atoms with Gasteiger partial charge in [0.05, 0.1) is 11.2 Å². The zero-order valence-electron chi connectivity index (χ0n) is 28.2. The van der Waals surface area contributed by atoms with Crippen LogP contribution in [0.5, 0.6) is 0 Å². The molecule has 0 fully saturated rings. The Balaban J connectivity index is 1.25. The smallest absolute Gasteiger partial charge is 0.124 e. The zero-order valence-corrected chi connectivity index (χ0v) is 28.2. The monoisotopic (exact) mass is 630 g/mol. The Morgan fingerprint density at radius 2 is 1.37 bits per heavy atom. The van der Waals surface area contributed by atoms with E-state index in [-0.39, 0.29) is 11.6 Å². The predicted molar refractivity (Wildman–Crippen MR) is 206 cm³/mol. The number of hydrogen-bond acceptors (Lipinski definition) is 1. The summed E-state index contributed by atoms with van der Waals surface area (Å²) in [6.45, 7) is 7.19. The summed E-state index contributed by atoms with van der Waals surface area (Å²) < 4.78 is 2.62. The van der Waals surface area contributed by atoms with Gasteiger partial charge in [-0.1, -0.05) is 154 Å². The molecule has 7 aromatic rings. The number of nitrogens with one attached hydrogen (secondary N) is 1. The minimum absolute atomic E-state index is 0.0749. The highest BCUT2D eigenvalue weighted by Gasteiger charge is 2.40. The molecule has 2 nitrogen and oxygen atoms in total. The summed E-state index contributed by atoms with van der Waals surface area (Å²) in [5.41, 5.74) is 14.6. The van der Waals surface area contributed by atoms with Crippen molar-refractivity contribution in [2.45, 2.75) is 38.8 Å². The van der Waals surface area contributed by atoms with Crippen molar-refractivity contribution < 1.29 is 0 Å². The lowest BCUT2D eigenvalue weighted by atomic mass is 9.79. The first-order chi connectivity index (χ1) is 24.0. The van der Waals surface area contributed by atoms with Crippen LogP contribution in [0.15, 0.2) is 133 Å². The molecule has 1 aromatic heterocycles. The molecule has 2 atom stereocenters. The molecule has 0 radical (unpaired) electrons. The topological polar surface area (TPSA) is 17.0 Å². The van der Waals surface area contributed by atoms with Crippen LogP contribution >= 0.6 is 0 Å². The number of fused-ring (bicyclic) bond motifs is 11. The Labute approximate surface area is 287 Å². The van der Waals surface area contributed by atoms with E-state index in [0.29, 0.717) is 5.92 Å². The van der Waals surface area contributed by atoms with Gasteiger partial charge in [-0.2, -0.15) is 0 Å². The van der Waals surface area contributed by atoms with Gasteiger partial charge < -0.3 is 9.88 Å². The molecule has 1 aliphatic heterocycles. The van der Waals surface area contributed by atoms with E-state index in [1.165, 1.54) is 88.0 Å². The largest absolute Gasteiger partial charge is 0.361 e. The van der Waals surface area contributed by atoms with Crippen molar-refractivity contribution in [2.75, 3.05) is 0 Å². The number of aromatic nitrogens is 1. The number of rotatable bonds is 3. The van der Waals surface area contributed by atoms with Gasteiger partial charge in [-0.25, -0.2) is 0 Å². The van der Waals surface area contributed by atoms with Crippen molar-refractivity contribution in [3.63, 3.8) is 0 Å². The van der Waals surface area contributed by atoms with Crippen molar-refractivity contribution in [3.8, 4) is 22.3 Å². The maximum Gasteiger partial charge on any atom is 0.124 e. The van der Waals surface area contributed by atoms with Crippen LogP contribution < -0.4 is 15.8 Å². The lowest BCUT2D eigenvalue weighted by Crippen LogP contribution is -2.41. The maximum atomic E-state index is 4.10. The summed E-state index contributed by atoms with van der Waals surface area (Å²) in [4.78, 5) is 0. The van der Waals surface area contributed by atoms with E-state index in [4.69, 9.17) is 0 Å². The molecular weight excluding hydrogens is 593 g/mol. The van der Waals surface area contributed by atoms with Gasteiger partial charge in [0.1, 0.15) is 6.17 Å². The van der Waals surface area contributed by atoms with Crippen LogP contribution in [-0.2, 0) is 11.8 Å². The second kappa shape index (κ2) is 10.4. The maximum absolute atomic E-state index is 4.10. The summed E-state index contributed by atoms with van der Waals surface area (Å²) in [5, 5.41) is 10.7. The van der Waals surface area contributed by atoms with Gasteiger partial charge in [0.25, 0.3) is 0 Å². The predicted octanol–water partition coefficient (Wildman–Crippen LogP) is 9.71. The van der Waals surface area contributed by atoms with Crippen molar-refractivity contribution in [3.05, 3.63) is 172 Å². The Kier molecular flexibility index (Phi) is 6.06. The van der Waals surface area contributed by atoms with Gasteiger partial charge in [-0.3, -0.25) is 0 Å². The Bertz CT molecular complexity index is 2630. The van der Waals surface area contributed by atoms with Crippen LogP contribution in [0.1, 0.15) is 54.9 Å². The SMILES string of the molecule is CC1C=Cc2c(c3c4c(c5ccccc5c3n2C2C=c3ccccc3=C(c3ccc(-c5ccccc5)cc3)N2)C(C)(C)c2ccccc2-4)C1. The standard InChI is InChI=1S/C47H38N2/c1-29-21-26-40-38(27-29)43-42-37-19-11-12-20-39(37)47(2,3)44(42)35-17-9-10-18-36(35)46(43)49(40)41-28-33-15-7-8-16-34(33)45(48-41)32-24-22-31(23-25-32)30-13-5-4-6-14-30/h4-26,28-29,41,48H,27H2,1-3H3. The highest BCUT2D eigenvalue weighted by Crippen LogP contribution is 2.56. The lowest BCUT2D eigenvalue weighted by Gasteiger charge is -2.28. The minimum Gasteiger partial charge on any atom is -0.361 e. The summed E-state index contributed by atoms with van der Waals surface area (Å²) in [6.07, 6.45) is 8.20. The van der Waals surface area contributed by atoms with E-state index in [2.05, 4.69) is 176 Å². The zero-order chi connectivity index (χ0) is 32.9. The Morgan fingerprint density at radius 3 is 2.20 bits per heavy atom. The average molecular weight is 631 g/mol. The number of nitrogens with zero attached hydrogens (tertiary/aromatic N) is 1. The second-order valence-corrected chi connectivity index (χ2v) is 14.6. The summed E-state index contributed by atoms with van der Waals surface area (Å²) in [7, 11) is 0. The second-order valence-electron chi connectivity index (χ2n) is 14.6. The molecule has 2 unspecified atom stereocenters. The van der Waals surface area contributed by atoms with Crippen molar-refractivity contribution >= 4 is 39.5 Å². The molecule has 0 saturated heterocycles. The molecular formula is C47H38N2. The third-order valence-electron chi connectivity index (χ3n) is 11.3. The Morgan fingerprint density at radius 1 is 0.694 bits per heavy atom. The van der Waals surface area contributed by atoms with Gasteiger partial charge in [0, 0.05) is 27.1 Å². The number of hydrogen-bond donors (Lipinski definition) is 1. The van der Waals surface area contributed by atoms with E-state index in [0.717, 1.165) is 6.42 Å². The van der Waals surface area contributed by atoms with Crippen LogP contribution in [0.25, 0.3) is 61.8 Å². The molecule has 6 aromatic carbocycles. The van der Waals surface area contributed by atoms with Crippen LogP contribution in [0.3, 0.4) is 0 Å². The lowest BCUT2D eigenvalue weighted by molar-refractivity contribution is 0.590. The summed E-state index contributed by atoms with van der Waals surface area (Å²) in [5.74, 6) is 0.479. The molecule has 1 N–H and O–H groups in total. The molecule has 2 heterocycles. The molecule has 3 aliphatic rings. The van der Waals surface area contributed by atoms with E-state index >= 15 is 0 Å². The van der Waals surface area contributed by atoms with Crippen molar-refractivity contribution in [2.24, 2.45) is 5.92 Å². The fourth-order valence-corrected chi connectivity index (χ4v) is 9.12. The fourth-order valence-electron chi connectivity index (χ4n) is 9.12. The van der Waals surface area contributed by atoms with Crippen LogP contribution in [0, 0.1) is 5.92 Å². The van der Waals surface area contributed by atoms with Gasteiger partial charge in [0.2, 0.25) is 0 Å². The Hall–Kier alpha value is -5.60. The minimum atomic E-state index is -0.0914. The van der Waals surface area contributed by atoms with Gasteiger partial charge in [-0.15, -0.1) is 0 Å². The van der Waals surface area contributed by atoms with E-state index < -0.39 is 0 Å². The highest BCUT2D eigenvalue weighted by atomic mass is 15.2.